The van der Waals surface area contributed by atoms with Gasteiger partial charge in [0.25, 0.3) is 0 Å². The number of rotatable bonds is 4. The lowest BCUT2D eigenvalue weighted by Gasteiger charge is -2.39. The second-order valence-corrected chi connectivity index (χ2v) is 8.41. The Bertz CT molecular complexity index is 468. The molecule has 0 radical (unpaired) electrons. The van der Waals surface area contributed by atoms with Crippen molar-refractivity contribution in [2.24, 2.45) is 0 Å². The summed E-state index contributed by atoms with van der Waals surface area (Å²) in [6.07, 6.45) is 13.0. The molecule has 1 aliphatic heterocycles. The third-order valence-corrected chi connectivity index (χ3v) is 6.57. The summed E-state index contributed by atoms with van der Waals surface area (Å²) in [5.74, 6) is 0. The van der Waals surface area contributed by atoms with Crippen molar-refractivity contribution < 1.29 is 0 Å². The molecule has 22 heavy (non-hydrogen) atoms. The van der Waals surface area contributed by atoms with Crippen LogP contribution >= 0.6 is 11.8 Å². The van der Waals surface area contributed by atoms with E-state index in [1.165, 1.54) is 68.5 Å². The van der Waals surface area contributed by atoms with Crippen LogP contribution in [0.25, 0.3) is 0 Å². The van der Waals surface area contributed by atoms with Crippen LogP contribution in [0.3, 0.4) is 0 Å². The number of likely N-dealkylation sites (tertiary alicyclic amines) is 1. The van der Waals surface area contributed by atoms with Gasteiger partial charge in [-0.05, 0) is 52.1 Å². The summed E-state index contributed by atoms with van der Waals surface area (Å²) in [6.45, 7) is 5.91. The van der Waals surface area contributed by atoms with Crippen molar-refractivity contribution in [2.75, 3.05) is 6.54 Å². The highest BCUT2D eigenvalue weighted by molar-refractivity contribution is 7.99. The molecule has 2 heterocycles. The number of aromatic nitrogens is 1. The van der Waals surface area contributed by atoms with E-state index in [0.29, 0.717) is 12.1 Å². The summed E-state index contributed by atoms with van der Waals surface area (Å²) >= 11 is 2.06. The number of pyridine rings is 1. The Balaban J connectivity index is 1.79. The van der Waals surface area contributed by atoms with Crippen LogP contribution in [-0.4, -0.2) is 27.7 Å². The molecule has 1 aliphatic carbocycles. The van der Waals surface area contributed by atoms with Gasteiger partial charge in [0.1, 0.15) is 5.03 Å². The summed E-state index contributed by atoms with van der Waals surface area (Å²) in [4.78, 5) is 7.46. The smallest absolute Gasteiger partial charge is 0.101 e. The first-order valence-corrected chi connectivity index (χ1v) is 10.0. The minimum absolute atomic E-state index is 0.577. The molecule has 1 saturated heterocycles. The largest absolute Gasteiger partial charge is 0.294 e. The summed E-state index contributed by atoms with van der Waals surface area (Å²) in [5, 5.41) is 2.10. The SMILES string of the molecule is CC(C)N1CCCC[C@H]1c1cccnc1SC1CCCCC1. The predicted molar refractivity (Wildman–Crippen MR) is 95.4 cm³/mol. The van der Waals surface area contributed by atoms with E-state index in [2.05, 4.69) is 42.6 Å². The Morgan fingerprint density at radius 3 is 2.64 bits per heavy atom. The zero-order valence-corrected chi connectivity index (χ0v) is 14.9. The van der Waals surface area contributed by atoms with E-state index in [0.717, 1.165) is 5.25 Å². The fourth-order valence-electron chi connectivity index (χ4n) is 4.00. The Hall–Kier alpha value is -0.540. The Kier molecular flexibility index (Phi) is 5.81. The Morgan fingerprint density at radius 2 is 1.86 bits per heavy atom. The molecule has 0 aromatic carbocycles. The second kappa shape index (κ2) is 7.83. The summed E-state index contributed by atoms with van der Waals surface area (Å²) in [5.41, 5.74) is 1.49. The Labute approximate surface area is 140 Å². The molecule has 1 saturated carbocycles. The third kappa shape index (κ3) is 3.86. The van der Waals surface area contributed by atoms with Gasteiger partial charge in [0.15, 0.2) is 0 Å². The zero-order chi connectivity index (χ0) is 15.4. The van der Waals surface area contributed by atoms with Crippen molar-refractivity contribution in [2.45, 2.75) is 87.6 Å². The molecule has 1 atom stereocenters. The van der Waals surface area contributed by atoms with Crippen LogP contribution in [0.15, 0.2) is 23.4 Å². The summed E-state index contributed by atoms with van der Waals surface area (Å²) in [7, 11) is 0. The van der Waals surface area contributed by atoms with Crippen molar-refractivity contribution in [1.29, 1.82) is 0 Å². The quantitative estimate of drug-likeness (QED) is 0.735. The molecular weight excluding hydrogens is 288 g/mol. The first-order chi connectivity index (χ1) is 10.8. The van der Waals surface area contributed by atoms with E-state index in [4.69, 9.17) is 4.98 Å². The number of piperidine rings is 1. The lowest BCUT2D eigenvalue weighted by molar-refractivity contribution is 0.110. The van der Waals surface area contributed by atoms with Crippen molar-refractivity contribution >= 4 is 11.8 Å². The number of thioether (sulfide) groups is 1. The minimum atomic E-state index is 0.577. The molecule has 2 aliphatic rings. The van der Waals surface area contributed by atoms with Crippen LogP contribution in [0.4, 0.5) is 0 Å². The molecule has 2 fully saturated rings. The maximum Gasteiger partial charge on any atom is 0.101 e. The molecule has 0 spiro atoms. The van der Waals surface area contributed by atoms with Crippen LogP contribution in [0.5, 0.6) is 0 Å². The van der Waals surface area contributed by atoms with Crippen molar-refractivity contribution in [3.8, 4) is 0 Å². The molecule has 3 rings (SSSR count). The molecule has 122 valence electrons. The normalized spacial score (nSPS) is 24.8. The molecule has 0 amide bonds. The maximum absolute atomic E-state index is 4.78. The highest BCUT2D eigenvalue weighted by Crippen LogP contribution is 2.40. The molecule has 0 unspecified atom stereocenters. The van der Waals surface area contributed by atoms with Crippen LogP contribution in [0, 0.1) is 0 Å². The van der Waals surface area contributed by atoms with Crippen LogP contribution < -0.4 is 0 Å². The number of hydrogen-bond donors (Lipinski definition) is 0. The fraction of sp³-hybridized carbons (Fsp3) is 0.737. The van der Waals surface area contributed by atoms with E-state index in [-0.39, 0.29) is 0 Å². The van der Waals surface area contributed by atoms with Crippen molar-refractivity contribution in [1.82, 2.24) is 9.88 Å². The van der Waals surface area contributed by atoms with E-state index in [1.54, 1.807) is 0 Å². The average Bonchev–Trinajstić information content (AvgIpc) is 2.56. The summed E-state index contributed by atoms with van der Waals surface area (Å²) in [6, 6.07) is 5.67. The van der Waals surface area contributed by atoms with Gasteiger partial charge in [-0.1, -0.05) is 31.7 Å². The lowest BCUT2D eigenvalue weighted by atomic mass is 9.95. The van der Waals surface area contributed by atoms with Gasteiger partial charge in [0, 0.05) is 29.1 Å². The maximum atomic E-state index is 4.78. The molecule has 1 aromatic heterocycles. The number of nitrogens with zero attached hydrogens (tertiary/aromatic N) is 2. The van der Waals surface area contributed by atoms with E-state index < -0.39 is 0 Å². The topological polar surface area (TPSA) is 16.1 Å². The molecule has 0 bridgehead atoms. The van der Waals surface area contributed by atoms with Gasteiger partial charge in [-0.25, -0.2) is 4.98 Å². The predicted octanol–water partition coefficient (Wildman–Crippen LogP) is 5.44. The molecular formula is C19H30N2S. The number of hydrogen-bond acceptors (Lipinski definition) is 3. The fourth-order valence-corrected chi connectivity index (χ4v) is 5.35. The van der Waals surface area contributed by atoms with Crippen LogP contribution in [-0.2, 0) is 0 Å². The first-order valence-electron chi connectivity index (χ1n) is 9.13. The third-order valence-electron chi connectivity index (χ3n) is 5.20. The van der Waals surface area contributed by atoms with Gasteiger partial charge < -0.3 is 0 Å². The van der Waals surface area contributed by atoms with Crippen LogP contribution in [0.2, 0.25) is 0 Å². The highest BCUT2D eigenvalue weighted by atomic mass is 32.2. The van der Waals surface area contributed by atoms with Crippen molar-refractivity contribution in [3.63, 3.8) is 0 Å². The highest BCUT2D eigenvalue weighted by Gasteiger charge is 2.29. The van der Waals surface area contributed by atoms with Gasteiger partial charge in [-0.3, -0.25) is 4.90 Å². The molecule has 1 aromatic rings. The van der Waals surface area contributed by atoms with E-state index in [9.17, 15) is 0 Å². The minimum Gasteiger partial charge on any atom is -0.294 e. The zero-order valence-electron chi connectivity index (χ0n) is 14.1. The standard InChI is InChI=1S/C19H30N2S/c1-15(2)21-14-7-6-12-18(21)17-11-8-13-20-19(17)22-16-9-4-3-5-10-16/h8,11,13,15-16,18H,3-7,9-10,12,14H2,1-2H3/t18-/m0/s1. The van der Waals surface area contributed by atoms with Crippen LogP contribution in [0.1, 0.15) is 76.8 Å². The van der Waals surface area contributed by atoms with Gasteiger partial charge in [0.2, 0.25) is 0 Å². The van der Waals surface area contributed by atoms with Gasteiger partial charge >= 0.3 is 0 Å². The van der Waals surface area contributed by atoms with Gasteiger partial charge in [-0.2, -0.15) is 0 Å². The van der Waals surface area contributed by atoms with E-state index in [1.807, 2.05) is 6.20 Å². The second-order valence-electron chi connectivity index (χ2n) is 7.12. The molecule has 2 nitrogen and oxygen atoms in total. The van der Waals surface area contributed by atoms with E-state index >= 15 is 0 Å². The molecule has 0 N–H and O–H groups in total. The lowest BCUT2D eigenvalue weighted by Crippen LogP contribution is -2.38. The summed E-state index contributed by atoms with van der Waals surface area (Å²) < 4.78 is 0. The Morgan fingerprint density at radius 1 is 1.09 bits per heavy atom. The average molecular weight is 319 g/mol. The molecule has 3 heteroatoms. The van der Waals surface area contributed by atoms with Gasteiger partial charge in [-0.15, -0.1) is 11.8 Å². The monoisotopic (exact) mass is 318 g/mol. The van der Waals surface area contributed by atoms with Gasteiger partial charge in [0.05, 0.1) is 0 Å². The first kappa shape index (κ1) is 16.3. The van der Waals surface area contributed by atoms with Crippen molar-refractivity contribution in [3.05, 3.63) is 23.9 Å².